The van der Waals surface area contributed by atoms with Crippen LogP contribution in [0.25, 0.3) is 0 Å². The van der Waals surface area contributed by atoms with E-state index in [0.29, 0.717) is 0 Å². The second-order valence-electron chi connectivity index (χ2n) is 7.51. The van der Waals surface area contributed by atoms with Crippen LogP contribution >= 0.6 is 11.8 Å². The number of halogens is 1. The van der Waals surface area contributed by atoms with Crippen molar-refractivity contribution < 1.29 is 4.39 Å². The lowest BCUT2D eigenvalue weighted by atomic mass is 9.73. The van der Waals surface area contributed by atoms with Gasteiger partial charge in [0.2, 0.25) is 0 Å². The molecule has 0 radical (unpaired) electrons. The van der Waals surface area contributed by atoms with Crippen molar-refractivity contribution in [3.8, 4) is 0 Å². The van der Waals surface area contributed by atoms with Crippen LogP contribution in [0.1, 0.15) is 24.6 Å². The molecule has 6 nitrogen and oxygen atoms in total. The van der Waals surface area contributed by atoms with Gasteiger partial charge >= 0.3 is 0 Å². The molecule has 28 heavy (non-hydrogen) atoms. The summed E-state index contributed by atoms with van der Waals surface area (Å²) in [4.78, 5) is 12.2. The molecule has 1 fully saturated rings. The van der Waals surface area contributed by atoms with Crippen molar-refractivity contribution in [2.24, 2.45) is 11.1 Å². The van der Waals surface area contributed by atoms with E-state index in [1.54, 1.807) is 18.5 Å². The van der Waals surface area contributed by atoms with Crippen LogP contribution in [0, 0.1) is 11.2 Å². The predicted molar refractivity (Wildman–Crippen MR) is 106 cm³/mol. The third-order valence-corrected chi connectivity index (χ3v) is 6.82. The number of nitrogens with two attached hydrogens (primary N) is 1. The molecule has 0 saturated carbocycles. The van der Waals surface area contributed by atoms with Crippen LogP contribution in [0.5, 0.6) is 0 Å². The predicted octanol–water partition coefficient (Wildman–Crippen LogP) is 3.26. The van der Waals surface area contributed by atoms with Gasteiger partial charge in [-0.3, -0.25) is 4.68 Å². The second-order valence-corrected chi connectivity index (χ2v) is 8.61. The first-order chi connectivity index (χ1) is 13.6. The van der Waals surface area contributed by atoms with E-state index in [0.717, 1.165) is 53.9 Å². The third kappa shape index (κ3) is 3.06. The van der Waals surface area contributed by atoms with E-state index >= 15 is 0 Å². The summed E-state index contributed by atoms with van der Waals surface area (Å²) in [5, 5.41) is 5.15. The summed E-state index contributed by atoms with van der Waals surface area (Å²) in [6.07, 6.45) is 7.42. The molecular weight excluding hydrogens is 375 g/mol. The highest BCUT2D eigenvalue weighted by Gasteiger charge is 2.46. The van der Waals surface area contributed by atoms with Gasteiger partial charge in [-0.1, -0.05) is 17.8 Å². The molecule has 1 saturated heterocycles. The molecule has 3 aromatic rings. The van der Waals surface area contributed by atoms with Gasteiger partial charge in [-0.25, -0.2) is 14.4 Å². The fraction of sp³-hybridized carbons (Fsp3) is 0.350. The maximum atomic E-state index is 13.3. The van der Waals surface area contributed by atoms with Gasteiger partial charge in [-0.15, -0.1) is 0 Å². The Morgan fingerprint density at radius 3 is 2.71 bits per heavy atom. The van der Waals surface area contributed by atoms with Crippen molar-refractivity contribution in [3.63, 3.8) is 0 Å². The summed E-state index contributed by atoms with van der Waals surface area (Å²) in [6.45, 7) is 2.71. The fourth-order valence-corrected chi connectivity index (χ4v) is 5.05. The average Bonchev–Trinajstić information content (AvgIpc) is 3.25. The molecule has 1 atom stereocenters. The molecular formula is C20H21FN6S. The topological polar surface area (TPSA) is 72.9 Å². The molecule has 2 aliphatic rings. The van der Waals surface area contributed by atoms with Gasteiger partial charge in [0.1, 0.15) is 16.7 Å². The van der Waals surface area contributed by atoms with E-state index in [9.17, 15) is 4.39 Å². The Hall–Kier alpha value is -2.45. The Morgan fingerprint density at radius 2 is 2.00 bits per heavy atom. The molecule has 1 spiro atoms. The average molecular weight is 396 g/mol. The molecule has 1 aromatic carbocycles. The number of rotatable bonds is 3. The molecule has 2 aromatic heterocycles. The number of hydrogen-bond acceptors (Lipinski definition) is 6. The number of nitrogens with zero attached hydrogens (tertiary/aromatic N) is 5. The van der Waals surface area contributed by atoms with E-state index in [-0.39, 0.29) is 17.3 Å². The Bertz CT molecular complexity index is 980. The Morgan fingerprint density at radius 1 is 1.14 bits per heavy atom. The Kier molecular flexibility index (Phi) is 4.32. The summed E-state index contributed by atoms with van der Waals surface area (Å²) in [5.41, 5.74) is 7.79. The van der Waals surface area contributed by atoms with Crippen molar-refractivity contribution in [1.82, 2.24) is 19.7 Å². The molecule has 0 amide bonds. The van der Waals surface area contributed by atoms with Gasteiger partial charge in [-0.2, -0.15) is 5.10 Å². The van der Waals surface area contributed by atoms with Crippen molar-refractivity contribution in [1.29, 1.82) is 0 Å². The van der Waals surface area contributed by atoms with Crippen LogP contribution < -0.4 is 10.6 Å². The maximum Gasteiger partial charge on any atom is 0.147 e. The monoisotopic (exact) mass is 396 g/mol. The van der Waals surface area contributed by atoms with Gasteiger partial charge in [-0.05, 0) is 37.1 Å². The Labute approximate surface area is 167 Å². The second kappa shape index (κ2) is 6.86. The highest BCUT2D eigenvalue weighted by atomic mass is 32.2. The van der Waals surface area contributed by atoms with Crippen LogP contribution in [-0.4, -0.2) is 32.8 Å². The molecule has 0 bridgehead atoms. The summed E-state index contributed by atoms with van der Waals surface area (Å²) < 4.78 is 15.4. The molecule has 144 valence electrons. The minimum atomic E-state index is -0.246. The highest BCUT2D eigenvalue weighted by Crippen LogP contribution is 2.47. The van der Waals surface area contributed by atoms with Gasteiger partial charge in [0.05, 0.1) is 24.1 Å². The van der Waals surface area contributed by atoms with Gasteiger partial charge in [0.25, 0.3) is 0 Å². The van der Waals surface area contributed by atoms with E-state index in [2.05, 4.69) is 24.6 Å². The normalized spacial score (nSPS) is 20.5. The van der Waals surface area contributed by atoms with E-state index in [4.69, 9.17) is 5.73 Å². The van der Waals surface area contributed by atoms with Crippen LogP contribution in [-0.2, 0) is 6.54 Å². The van der Waals surface area contributed by atoms with E-state index < -0.39 is 0 Å². The SMILES string of the molecule is N[C@@H]1c2ccnn2CC12CCN(c1cnc(Sc3cccc(F)c3)cn1)CC2. The molecule has 0 aliphatic carbocycles. The van der Waals surface area contributed by atoms with E-state index in [1.165, 1.54) is 23.9 Å². The number of aromatic nitrogens is 4. The summed E-state index contributed by atoms with van der Waals surface area (Å²) in [7, 11) is 0. The van der Waals surface area contributed by atoms with Crippen molar-refractivity contribution in [2.45, 2.75) is 35.3 Å². The van der Waals surface area contributed by atoms with Gasteiger partial charge in [0, 0.05) is 36.1 Å². The van der Waals surface area contributed by atoms with Crippen LogP contribution in [0.4, 0.5) is 10.2 Å². The molecule has 8 heteroatoms. The number of benzene rings is 1. The zero-order chi connectivity index (χ0) is 19.1. The first kappa shape index (κ1) is 17.6. The lowest BCUT2D eigenvalue weighted by Gasteiger charge is -2.41. The number of anilines is 1. The fourth-order valence-electron chi connectivity index (χ4n) is 4.28. The van der Waals surface area contributed by atoms with Crippen molar-refractivity contribution >= 4 is 17.6 Å². The van der Waals surface area contributed by atoms with E-state index in [1.807, 2.05) is 18.3 Å². The largest absolute Gasteiger partial charge is 0.355 e. The first-order valence-electron chi connectivity index (χ1n) is 9.41. The maximum absolute atomic E-state index is 13.3. The minimum absolute atomic E-state index is 0.0493. The molecule has 0 unspecified atom stereocenters. The van der Waals surface area contributed by atoms with Gasteiger partial charge < -0.3 is 10.6 Å². The summed E-state index contributed by atoms with van der Waals surface area (Å²) in [5.74, 6) is 0.631. The zero-order valence-corrected chi connectivity index (χ0v) is 16.1. The number of hydrogen-bond donors (Lipinski definition) is 1. The van der Waals surface area contributed by atoms with Crippen LogP contribution in [0.3, 0.4) is 0 Å². The summed E-state index contributed by atoms with van der Waals surface area (Å²) in [6, 6.07) is 8.58. The molecule has 2 aliphatic heterocycles. The lowest BCUT2D eigenvalue weighted by Crippen LogP contribution is -2.45. The molecule has 5 rings (SSSR count). The van der Waals surface area contributed by atoms with Gasteiger partial charge in [0.15, 0.2) is 0 Å². The lowest BCUT2D eigenvalue weighted by molar-refractivity contribution is 0.170. The Balaban J connectivity index is 1.24. The minimum Gasteiger partial charge on any atom is -0.355 e. The van der Waals surface area contributed by atoms with Crippen LogP contribution in [0.15, 0.2) is 58.8 Å². The standard InChI is InChI=1S/C20H21FN6S/c21-14-2-1-3-15(10-14)28-18-12-23-17(11-24-18)26-8-5-20(6-9-26)13-27-16(19(20)22)4-7-25-27/h1-4,7,10-12,19H,5-6,8-9,13,22H2/t19-/m1/s1. The number of piperidine rings is 1. The first-order valence-corrected chi connectivity index (χ1v) is 10.2. The zero-order valence-electron chi connectivity index (χ0n) is 15.3. The molecule has 4 heterocycles. The van der Waals surface area contributed by atoms with Crippen molar-refractivity contribution in [2.75, 3.05) is 18.0 Å². The number of fused-ring (bicyclic) bond motifs is 1. The quantitative estimate of drug-likeness (QED) is 0.733. The molecule has 2 N–H and O–H groups in total. The summed E-state index contributed by atoms with van der Waals surface area (Å²) >= 11 is 1.41. The van der Waals surface area contributed by atoms with Crippen LogP contribution in [0.2, 0.25) is 0 Å². The van der Waals surface area contributed by atoms with Crippen molar-refractivity contribution in [3.05, 3.63) is 60.4 Å². The highest BCUT2D eigenvalue weighted by molar-refractivity contribution is 7.99. The smallest absolute Gasteiger partial charge is 0.147 e. The third-order valence-electron chi connectivity index (χ3n) is 5.91.